The zero-order valence-electron chi connectivity index (χ0n) is 14.0. The van der Waals surface area contributed by atoms with Crippen molar-refractivity contribution in [1.82, 2.24) is 5.43 Å². The Morgan fingerprint density at radius 1 is 1.08 bits per heavy atom. The summed E-state index contributed by atoms with van der Waals surface area (Å²) in [5.41, 5.74) is 3.04. The molecular weight excluding hydrogens is 360 g/mol. The molecule has 0 radical (unpaired) electrons. The summed E-state index contributed by atoms with van der Waals surface area (Å²) in [6.45, 7) is -0.364. The summed E-state index contributed by atoms with van der Waals surface area (Å²) in [6, 6.07) is 13.5. The molecule has 0 aliphatic rings. The molecule has 0 heterocycles. The van der Waals surface area contributed by atoms with Crippen LogP contribution in [0.5, 0.6) is 11.5 Å². The highest BCUT2D eigenvalue weighted by Gasteiger charge is 2.03. The number of benzene rings is 2. The van der Waals surface area contributed by atoms with Crippen LogP contribution >= 0.6 is 11.6 Å². The maximum Gasteiger partial charge on any atom is 0.343 e. The highest BCUT2D eigenvalue weighted by Crippen LogP contribution is 2.15. The van der Waals surface area contributed by atoms with Crippen molar-refractivity contribution >= 4 is 29.7 Å². The highest BCUT2D eigenvalue weighted by atomic mass is 35.5. The average Bonchev–Trinajstić information content (AvgIpc) is 2.66. The van der Waals surface area contributed by atoms with Gasteiger partial charge in [-0.1, -0.05) is 23.7 Å². The molecule has 0 aromatic heterocycles. The number of nitrogens with one attached hydrogen (secondary N) is 1. The topological polar surface area (TPSA) is 86.2 Å². The van der Waals surface area contributed by atoms with Crippen LogP contribution in [0.1, 0.15) is 5.56 Å². The molecule has 0 aliphatic carbocycles. The van der Waals surface area contributed by atoms with E-state index in [1.165, 1.54) is 13.3 Å². The second kappa shape index (κ2) is 10.0. The lowest BCUT2D eigenvalue weighted by Gasteiger charge is -2.05. The number of halogens is 1. The van der Waals surface area contributed by atoms with E-state index in [0.29, 0.717) is 22.1 Å². The minimum absolute atomic E-state index is 0.179. The smallest absolute Gasteiger partial charge is 0.343 e. The molecule has 0 unspecified atom stereocenters. The summed E-state index contributed by atoms with van der Waals surface area (Å²) in [6.07, 6.45) is 1.45. The number of carbonyl (C=O) groups excluding carboxylic acids is 2. The summed E-state index contributed by atoms with van der Waals surface area (Å²) < 4.78 is 15.1. The minimum atomic E-state index is -0.475. The summed E-state index contributed by atoms with van der Waals surface area (Å²) in [5.74, 6) is 0.132. The third-order valence-corrected chi connectivity index (χ3v) is 3.28. The van der Waals surface area contributed by atoms with Gasteiger partial charge in [-0.25, -0.2) is 10.2 Å². The van der Waals surface area contributed by atoms with Gasteiger partial charge >= 0.3 is 5.97 Å². The monoisotopic (exact) mass is 376 g/mol. The van der Waals surface area contributed by atoms with Crippen LogP contribution in [0.2, 0.25) is 5.02 Å². The molecule has 2 aromatic carbocycles. The SMILES string of the molecule is COC(=O)COc1cccc(/C=N/NC(=O)COc2ccc(Cl)cc2)c1. The molecule has 26 heavy (non-hydrogen) atoms. The van der Waals surface area contributed by atoms with E-state index in [0.717, 1.165) is 0 Å². The zero-order valence-corrected chi connectivity index (χ0v) is 14.7. The maximum absolute atomic E-state index is 11.7. The molecule has 0 bridgehead atoms. The highest BCUT2D eigenvalue weighted by molar-refractivity contribution is 6.30. The van der Waals surface area contributed by atoms with Crippen molar-refractivity contribution in [3.8, 4) is 11.5 Å². The van der Waals surface area contributed by atoms with Gasteiger partial charge in [0.1, 0.15) is 11.5 Å². The average molecular weight is 377 g/mol. The fourth-order valence-corrected chi connectivity index (χ4v) is 1.90. The van der Waals surface area contributed by atoms with Crippen molar-refractivity contribution in [2.24, 2.45) is 5.10 Å². The molecule has 0 saturated carbocycles. The fourth-order valence-electron chi connectivity index (χ4n) is 1.78. The van der Waals surface area contributed by atoms with E-state index in [1.54, 1.807) is 48.5 Å². The van der Waals surface area contributed by atoms with Crippen molar-refractivity contribution in [3.63, 3.8) is 0 Å². The molecule has 8 heteroatoms. The number of rotatable bonds is 8. The first kappa shape index (κ1) is 19.3. The van der Waals surface area contributed by atoms with Gasteiger partial charge in [0.2, 0.25) is 0 Å². The maximum atomic E-state index is 11.7. The number of hydrogen-bond donors (Lipinski definition) is 1. The van der Waals surface area contributed by atoms with Gasteiger partial charge in [-0.3, -0.25) is 4.79 Å². The van der Waals surface area contributed by atoms with Crippen molar-refractivity contribution in [2.45, 2.75) is 0 Å². The molecule has 0 fully saturated rings. The lowest BCUT2D eigenvalue weighted by Crippen LogP contribution is -2.24. The van der Waals surface area contributed by atoms with Crippen LogP contribution in [0.25, 0.3) is 0 Å². The van der Waals surface area contributed by atoms with Gasteiger partial charge in [0, 0.05) is 5.02 Å². The van der Waals surface area contributed by atoms with Crippen molar-refractivity contribution in [3.05, 3.63) is 59.1 Å². The van der Waals surface area contributed by atoms with Crippen LogP contribution in [-0.2, 0) is 14.3 Å². The largest absolute Gasteiger partial charge is 0.484 e. The number of amides is 1. The molecular formula is C18H17ClN2O5. The molecule has 7 nitrogen and oxygen atoms in total. The van der Waals surface area contributed by atoms with E-state index >= 15 is 0 Å². The second-order valence-electron chi connectivity index (χ2n) is 4.97. The van der Waals surface area contributed by atoms with Crippen LogP contribution in [0.15, 0.2) is 53.6 Å². The van der Waals surface area contributed by atoms with Crippen LogP contribution in [0, 0.1) is 0 Å². The molecule has 1 amide bonds. The van der Waals surface area contributed by atoms with Crippen molar-refractivity contribution in [2.75, 3.05) is 20.3 Å². The molecule has 2 aromatic rings. The number of ether oxygens (including phenoxy) is 3. The Morgan fingerprint density at radius 2 is 1.81 bits per heavy atom. The van der Waals surface area contributed by atoms with Crippen LogP contribution in [-0.4, -0.2) is 38.4 Å². The summed E-state index contributed by atoms with van der Waals surface area (Å²) >= 11 is 5.77. The number of hydrogen-bond acceptors (Lipinski definition) is 6. The van der Waals surface area contributed by atoms with Crippen LogP contribution < -0.4 is 14.9 Å². The molecule has 2 rings (SSSR count). The quantitative estimate of drug-likeness (QED) is 0.434. The Hall–Kier alpha value is -3.06. The minimum Gasteiger partial charge on any atom is -0.484 e. The Morgan fingerprint density at radius 3 is 2.54 bits per heavy atom. The Labute approximate surface area is 155 Å². The molecule has 0 saturated heterocycles. The molecule has 0 atom stereocenters. The molecule has 0 spiro atoms. The predicted octanol–water partition coefficient (Wildman–Crippen LogP) is 2.42. The summed E-state index contributed by atoms with van der Waals surface area (Å²) in [4.78, 5) is 22.8. The first-order valence-corrected chi connectivity index (χ1v) is 7.94. The standard InChI is InChI=1S/C18H17ClN2O5/c1-24-18(23)12-26-16-4-2-3-13(9-16)10-20-21-17(22)11-25-15-7-5-14(19)6-8-15/h2-10H,11-12H2,1H3,(H,21,22)/b20-10+. The lowest BCUT2D eigenvalue weighted by atomic mass is 10.2. The Balaban J connectivity index is 1.79. The van der Waals surface area contributed by atoms with Gasteiger partial charge in [-0.15, -0.1) is 0 Å². The van der Waals surface area contributed by atoms with E-state index in [4.69, 9.17) is 21.1 Å². The van der Waals surface area contributed by atoms with E-state index < -0.39 is 11.9 Å². The van der Waals surface area contributed by atoms with Gasteiger partial charge in [0.05, 0.1) is 13.3 Å². The number of carbonyl (C=O) groups is 2. The number of esters is 1. The second-order valence-corrected chi connectivity index (χ2v) is 5.41. The Kier molecular flexibility index (Phi) is 7.45. The van der Waals surface area contributed by atoms with Gasteiger partial charge in [0.25, 0.3) is 5.91 Å². The van der Waals surface area contributed by atoms with Gasteiger partial charge < -0.3 is 14.2 Å². The van der Waals surface area contributed by atoms with Crippen molar-refractivity contribution in [1.29, 1.82) is 0 Å². The Bertz CT molecular complexity index is 777. The molecule has 0 aliphatic heterocycles. The van der Waals surface area contributed by atoms with Gasteiger partial charge in [0.15, 0.2) is 13.2 Å². The fraction of sp³-hybridized carbons (Fsp3) is 0.167. The van der Waals surface area contributed by atoms with E-state index in [2.05, 4.69) is 15.3 Å². The van der Waals surface area contributed by atoms with Gasteiger partial charge in [-0.05, 0) is 42.0 Å². The van der Waals surface area contributed by atoms with Crippen molar-refractivity contribution < 1.29 is 23.8 Å². The number of hydrazone groups is 1. The first-order chi connectivity index (χ1) is 12.6. The normalized spacial score (nSPS) is 10.4. The van der Waals surface area contributed by atoms with E-state index in [9.17, 15) is 9.59 Å². The first-order valence-electron chi connectivity index (χ1n) is 7.57. The third-order valence-electron chi connectivity index (χ3n) is 3.03. The number of methoxy groups -OCH3 is 1. The van der Waals surface area contributed by atoms with E-state index in [-0.39, 0.29) is 13.2 Å². The summed E-state index contributed by atoms with van der Waals surface area (Å²) in [5, 5.41) is 4.43. The summed E-state index contributed by atoms with van der Waals surface area (Å²) in [7, 11) is 1.29. The van der Waals surface area contributed by atoms with Crippen LogP contribution in [0.3, 0.4) is 0 Å². The molecule has 136 valence electrons. The van der Waals surface area contributed by atoms with Crippen LogP contribution in [0.4, 0.5) is 0 Å². The van der Waals surface area contributed by atoms with Gasteiger partial charge in [-0.2, -0.15) is 5.10 Å². The third kappa shape index (κ3) is 6.82. The van der Waals surface area contributed by atoms with E-state index in [1.807, 2.05) is 0 Å². The predicted molar refractivity (Wildman–Crippen MR) is 96.6 cm³/mol. The molecule has 1 N–H and O–H groups in total. The number of nitrogens with zero attached hydrogens (tertiary/aromatic N) is 1. The lowest BCUT2D eigenvalue weighted by molar-refractivity contribution is -0.142. The zero-order chi connectivity index (χ0) is 18.8.